The van der Waals surface area contributed by atoms with Crippen molar-refractivity contribution in [1.29, 1.82) is 0 Å². The molecule has 0 saturated heterocycles. The summed E-state index contributed by atoms with van der Waals surface area (Å²) in [6, 6.07) is 2.00. The number of rotatable bonds is 1. The quantitative estimate of drug-likeness (QED) is 0.552. The van der Waals surface area contributed by atoms with Crippen LogP contribution in [0.4, 0.5) is 0 Å². The summed E-state index contributed by atoms with van der Waals surface area (Å²) in [5.41, 5.74) is 1.21. The number of aryl methyl sites for hydroxylation is 2. The highest BCUT2D eigenvalue weighted by Crippen LogP contribution is 2.12. The third-order valence-corrected chi connectivity index (χ3v) is 1.46. The average molecular weight is 125 g/mol. The van der Waals surface area contributed by atoms with Gasteiger partial charge in [-0.3, -0.25) is 0 Å². The first-order chi connectivity index (χ1) is 4.24. The molecule has 0 atom stereocenters. The van der Waals surface area contributed by atoms with E-state index < -0.39 is 0 Å². The molecule has 9 heavy (non-hydrogen) atoms. The monoisotopic (exact) mass is 125 g/mol. The summed E-state index contributed by atoms with van der Waals surface area (Å²) >= 11 is 0. The number of hydrogen-bond acceptors (Lipinski definition) is 1. The minimum absolute atomic E-state index is 0.926. The van der Waals surface area contributed by atoms with Crippen molar-refractivity contribution in [3.8, 4) is 5.75 Å². The molecule has 0 fully saturated rings. The van der Waals surface area contributed by atoms with Crippen LogP contribution in [0.2, 0.25) is 0 Å². The predicted molar refractivity (Wildman–Crippen MR) is 36.7 cm³/mol. The Morgan fingerprint density at radius 1 is 1.56 bits per heavy atom. The SMILES string of the molecule is COc1cc(C)n(C)c1. The molecule has 1 rings (SSSR count). The van der Waals surface area contributed by atoms with Crippen LogP contribution in [0.5, 0.6) is 5.75 Å². The van der Waals surface area contributed by atoms with Gasteiger partial charge < -0.3 is 9.30 Å². The Kier molecular flexibility index (Phi) is 1.47. The molecule has 1 aromatic rings. The summed E-state index contributed by atoms with van der Waals surface area (Å²) in [5, 5.41) is 0. The molecule has 0 spiro atoms. The van der Waals surface area contributed by atoms with Crippen molar-refractivity contribution in [3.63, 3.8) is 0 Å². The molecular formula is C7H11NO. The van der Waals surface area contributed by atoms with E-state index in [0.29, 0.717) is 0 Å². The maximum atomic E-state index is 5.00. The lowest BCUT2D eigenvalue weighted by molar-refractivity contribution is 0.414. The molecule has 0 radical (unpaired) electrons. The summed E-state index contributed by atoms with van der Waals surface area (Å²) in [4.78, 5) is 0. The van der Waals surface area contributed by atoms with Gasteiger partial charge in [0.15, 0.2) is 0 Å². The molecule has 0 bridgehead atoms. The van der Waals surface area contributed by atoms with E-state index in [4.69, 9.17) is 4.74 Å². The van der Waals surface area contributed by atoms with Gasteiger partial charge >= 0.3 is 0 Å². The minimum Gasteiger partial charge on any atom is -0.495 e. The zero-order chi connectivity index (χ0) is 6.85. The van der Waals surface area contributed by atoms with E-state index >= 15 is 0 Å². The molecule has 2 nitrogen and oxygen atoms in total. The summed E-state index contributed by atoms with van der Waals surface area (Å²) in [6.45, 7) is 2.04. The number of nitrogens with zero attached hydrogens (tertiary/aromatic N) is 1. The number of methoxy groups -OCH3 is 1. The van der Waals surface area contributed by atoms with Crippen molar-refractivity contribution in [2.24, 2.45) is 7.05 Å². The number of ether oxygens (including phenoxy) is 1. The largest absolute Gasteiger partial charge is 0.495 e. The minimum atomic E-state index is 0.926. The van der Waals surface area contributed by atoms with E-state index in [2.05, 4.69) is 0 Å². The van der Waals surface area contributed by atoms with Crippen LogP contribution in [0.25, 0.3) is 0 Å². The standard InChI is InChI=1S/C7H11NO/c1-6-4-7(9-3)5-8(6)2/h4-5H,1-3H3. The third kappa shape index (κ3) is 1.07. The Balaban J connectivity index is 2.98. The third-order valence-electron chi connectivity index (χ3n) is 1.46. The smallest absolute Gasteiger partial charge is 0.136 e. The first kappa shape index (κ1) is 6.20. The van der Waals surface area contributed by atoms with Gasteiger partial charge in [-0.1, -0.05) is 0 Å². The fourth-order valence-electron chi connectivity index (χ4n) is 0.749. The lowest BCUT2D eigenvalue weighted by atomic mass is 10.5. The Labute approximate surface area is 55.1 Å². The second-order valence-electron chi connectivity index (χ2n) is 2.13. The predicted octanol–water partition coefficient (Wildman–Crippen LogP) is 1.34. The summed E-state index contributed by atoms with van der Waals surface area (Å²) in [6.07, 6.45) is 1.95. The van der Waals surface area contributed by atoms with Crippen LogP contribution in [0.1, 0.15) is 5.69 Å². The summed E-state index contributed by atoms with van der Waals surface area (Å²) < 4.78 is 7.02. The van der Waals surface area contributed by atoms with E-state index in [9.17, 15) is 0 Å². The van der Waals surface area contributed by atoms with Crippen LogP contribution < -0.4 is 4.74 Å². The van der Waals surface area contributed by atoms with Crippen LogP contribution >= 0.6 is 0 Å². The van der Waals surface area contributed by atoms with Crippen LogP contribution in [0, 0.1) is 6.92 Å². The molecule has 0 unspecified atom stereocenters. The van der Waals surface area contributed by atoms with Gasteiger partial charge in [-0.05, 0) is 6.92 Å². The fraction of sp³-hybridized carbons (Fsp3) is 0.429. The zero-order valence-electron chi connectivity index (χ0n) is 6.01. The van der Waals surface area contributed by atoms with E-state index in [1.807, 2.05) is 30.8 Å². The van der Waals surface area contributed by atoms with Crippen LogP contribution in [0.15, 0.2) is 12.3 Å². The first-order valence-corrected chi connectivity index (χ1v) is 2.91. The van der Waals surface area contributed by atoms with Gasteiger partial charge in [-0.15, -0.1) is 0 Å². The molecular weight excluding hydrogens is 114 g/mol. The lowest BCUT2D eigenvalue weighted by Gasteiger charge is -1.90. The molecule has 1 aromatic heterocycles. The molecule has 2 heteroatoms. The van der Waals surface area contributed by atoms with Crippen LogP contribution in [0.3, 0.4) is 0 Å². The van der Waals surface area contributed by atoms with Crippen molar-refractivity contribution in [1.82, 2.24) is 4.57 Å². The van der Waals surface area contributed by atoms with Crippen molar-refractivity contribution in [2.45, 2.75) is 6.92 Å². The second-order valence-corrected chi connectivity index (χ2v) is 2.13. The topological polar surface area (TPSA) is 14.2 Å². The van der Waals surface area contributed by atoms with E-state index in [0.717, 1.165) is 5.75 Å². The number of aromatic nitrogens is 1. The molecule has 0 N–H and O–H groups in total. The lowest BCUT2D eigenvalue weighted by Crippen LogP contribution is -1.85. The molecule has 1 heterocycles. The molecule has 0 aliphatic rings. The Morgan fingerprint density at radius 3 is 2.44 bits per heavy atom. The van der Waals surface area contributed by atoms with Gasteiger partial charge in [0.25, 0.3) is 0 Å². The van der Waals surface area contributed by atoms with E-state index in [1.165, 1.54) is 5.69 Å². The highest BCUT2D eigenvalue weighted by molar-refractivity contribution is 5.23. The van der Waals surface area contributed by atoms with Gasteiger partial charge in [0, 0.05) is 25.0 Å². The van der Waals surface area contributed by atoms with Crippen molar-refractivity contribution < 1.29 is 4.74 Å². The summed E-state index contributed by atoms with van der Waals surface area (Å²) in [5.74, 6) is 0.926. The van der Waals surface area contributed by atoms with E-state index in [-0.39, 0.29) is 0 Å². The fourth-order valence-corrected chi connectivity index (χ4v) is 0.749. The number of hydrogen-bond donors (Lipinski definition) is 0. The van der Waals surface area contributed by atoms with Gasteiger partial charge in [0.05, 0.1) is 7.11 Å². The van der Waals surface area contributed by atoms with Gasteiger partial charge in [0.1, 0.15) is 5.75 Å². The van der Waals surface area contributed by atoms with Crippen molar-refractivity contribution in [2.75, 3.05) is 7.11 Å². The maximum Gasteiger partial charge on any atom is 0.136 e. The molecule has 0 aliphatic carbocycles. The highest BCUT2D eigenvalue weighted by Gasteiger charge is 1.95. The Morgan fingerprint density at radius 2 is 2.22 bits per heavy atom. The highest BCUT2D eigenvalue weighted by atomic mass is 16.5. The van der Waals surface area contributed by atoms with Crippen LogP contribution in [-0.4, -0.2) is 11.7 Å². The van der Waals surface area contributed by atoms with Gasteiger partial charge in [0.2, 0.25) is 0 Å². The molecule has 0 saturated carbocycles. The Bertz CT molecular complexity index is 183. The Hall–Kier alpha value is -0.920. The molecule has 0 amide bonds. The van der Waals surface area contributed by atoms with Crippen molar-refractivity contribution >= 4 is 0 Å². The molecule has 50 valence electrons. The molecule has 0 aromatic carbocycles. The average Bonchev–Trinajstić information content (AvgIpc) is 2.13. The van der Waals surface area contributed by atoms with Gasteiger partial charge in [-0.25, -0.2) is 0 Å². The van der Waals surface area contributed by atoms with Crippen molar-refractivity contribution in [3.05, 3.63) is 18.0 Å². The first-order valence-electron chi connectivity index (χ1n) is 2.91. The van der Waals surface area contributed by atoms with Crippen LogP contribution in [-0.2, 0) is 7.05 Å². The second kappa shape index (κ2) is 2.13. The normalized spacial score (nSPS) is 9.67. The molecule has 0 aliphatic heterocycles. The van der Waals surface area contributed by atoms with E-state index in [1.54, 1.807) is 7.11 Å². The summed E-state index contributed by atoms with van der Waals surface area (Å²) in [7, 11) is 3.67. The van der Waals surface area contributed by atoms with Gasteiger partial charge in [-0.2, -0.15) is 0 Å². The zero-order valence-corrected chi connectivity index (χ0v) is 6.01. The maximum absolute atomic E-state index is 5.00.